The van der Waals surface area contributed by atoms with Crippen molar-refractivity contribution in [3.05, 3.63) is 28.7 Å². The van der Waals surface area contributed by atoms with Crippen molar-refractivity contribution >= 4 is 45.2 Å². The highest BCUT2D eigenvalue weighted by Gasteiger charge is 2.33. The monoisotopic (exact) mass is 536 g/mol. The molecule has 4 amide bonds. The van der Waals surface area contributed by atoms with Gasteiger partial charge in [-0.25, -0.2) is 0 Å². The summed E-state index contributed by atoms with van der Waals surface area (Å²) in [4.78, 5) is 52.8. The van der Waals surface area contributed by atoms with E-state index in [0.29, 0.717) is 19.4 Å². The number of nitrogens with zero attached hydrogens (tertiary/aromatic N) is 1. The highest BCUT2D eigenvalue weighted by molar-refractivity contribution is 9.10. The summed E-state index contributed by atoms with van der Waals surface area (Å²) in [5, 5.41) is 8.31. The van der Waals surface area contributed by atoms with E-state index in [1.165, 1.54) is 0 Å². The van der Waals surface area contributed by atoms with Crippen LogP contribution in [-0.4, -0.2) is 48.3 Å². The molecule has 3 unspecified atom stereocenters. The molecule has 0 radical (unpaired) electrons. The number of carbonyl (C=O) groups is 4. The molecule has 1 aromatic carbocycles. The van der Waals surface area contributed by atoms with Crippen LogP contribution in [0.1, 0.15) is 66.7 Å². The van der Waals surface area contributed by atoms with Gasteiger partial charge in [0.2, 0.25) is 23.6 Å². The summed E-state index contributed by atoms with van der Waals surface area (Å²) < 4.78 is 0.924. The molecule has 34 heavy (non-hydrogen) atoms. The van der Waals surface area contributed by atoms with Gasteiger partial charge in [0, 0.05) is 22.1 Å². The van der Waals surface area contributed by atoms with Crippen LogP contribution in [0.25, 0.3) is 0 Å². The predicted octanol–water partition coefficient (Wildman–Crippen LogP) is 3.29. The smallest absolute Gasteiger partial charge is 0.249 e. The van der Waals surface area contributed by atoms with E-state index in [9.17, 15) is 19.2 Å². The van der Waals surface area contributed by atoms with Crippen LogP contribution in [-0.2, 0) is 19.2 Å². The van der Waals surface area contributed by atoms with Gasteiger partial charge in [-0.3, -0.25) is 19.2 Å². The molecule has 0 bridgehead atoms. The molecule has 2 rings (SSSR count). The Bertz CT molecular complexity index is 882. The van der Waals surface area contributed by atoms with Gasteiger partial charge in [0.25, 0.3) is 0 Å². The maximum absolute atomic E-state index is 13.1. The van der Waals surface area contributed by atoms with Gasteiger partial charge >= 0.3 is 0 Å². The van der Waals surface area contributed by atoms with E-state index in [4.69, 9.17) is 0 Å². The summed E-state index contributed by atoms with van der Waals surface area (Å²) in [7, 11) is 0. The number of anilines is 1. The molecule has 3 N–H and O–H groups in total. The summed E-state index contributed by atoms with van der Waals surface area (Å²) in [6.07, 6.45) is 3.35. The van der Waals surface area contributed by atoms with Crippen LogP contribution in [0.15, 0.2) is 28.7 Å². The molecule has 0 saturated carbocycles. The van der Waals surface area contributed by atoms with E-state index < -0.39 is 29.4 Å². The van der Waals surface area contributed by atoms with Crippen molar-refractivity contribution in [1.82, 2.24) is 16.0 Å². The quantitative estimate of drug-likeness (QED) is 0.450. The Morgan fingerprint density at radius 1 is 1.12 bits per heavy atom. The number of unbranched alkanes of at least 4 members (excludes halogenated alkanes) is 1. The van der Waals surface area contributed by atoms with Gasteiger partial charge in [-0.1, -0.05) is 56.5 Å². The zero-order valence-electron chi connectivity index (χ0n) is 20.7. The third-order valence-corrected chi connectivity index (χ3v) is 6.32. The standard InChI is InChI=1S/C25H37BrN4O4/c1-6-7-9-19(28-21(31)16(2)27-24(34)25(3,4)5)22(32)29-20-10-8-15-30(23(20)33)18-13-11-17(26)12-14-18/h11-14,16,19-20H,6-10,15H2,1-5H3,(H,27,34)(H,28,31)(H,29,32). The second-order valence-electron chi connectivity index (χ2n) is 9.82. The molecule has 1 heterocycles. The van der Waals surface area contributed by atoms with E-state index in [1.54, 1.807) is 32.6 Å². The second-order valence-corrected chi connectivity index (χ2v) is 10.7. The van der Waals surface area contributed by atoms with Crippen LogP contribution >= 0.6 is 15.9 Å². The van der Waals surface area contributed by atoms with E-state index in [0.717, 1.165) is 29.4 Å². The third-order valence-electron chi connectivity index (χ3n) is 5.79. The lowest BCUT2D eigenvalue weighted by molar-refractivity contribution is -0.135. The van der Waals surface area contributed by atoms with Crippen LogP contribution in [0.2, 0.25) is 0 Å². The fraction of sp³-hybridized carbons (Fsp3) is 0.600. The van der Waals surface area contributed by atoms with Gasteiger partial charge < -0.3 is 20.9 Å². The molecule has 188 valence electrons. The summed E-state index contributed by atoms with van der Waals surface area (Å²) in [6.45, 7) is 9.49. The van der Waals surface area contributed by atoms with E-state index in [1.807, 2.05) is 31.2 Å². The molecule has 1 aliphatic rings. The Hall–Kier alpha value is -2.42. The van der Waals surface area contributed by atoms with Crippen molar-refractivity contribution in [3.8, 4) is 0 Å². The van der Waals surface area contributed by atoms with Gasteiger partial charge in [0.15, 0.2) is 0 Å². The molecule has 0 aromatic heterocycles. The Morgan fingerprint density at radius 3 is 2.35 bits per heavy atom. The van der Waals surface area contributed by atoms with Crippen LogP contribution in [0, 0.1) is 5.41 Å². The van der Waals surface area contributed by atoms with Crippen molar-refractivity contribution in [1.29, 1.82) is 0 Å². The number of halogens is 1. The minimum absolute atomic E-state index is 0.159. The lowest BCUT2D eigenvalue weighted by atomic mass is 9.95. The van der Waals surface area contributed by atoms with Gasteiger partial charge in [-0.15, -0.1) is 0 Å². The van der Waals surface area contributed by atoms with Crippen LogP contribution in [0.3, 0.4) is 0 Å². The number of nitrogens with one attached hydrogen (secondary N) is 3. The predicted molar refractivity (Wildman–Crippen MR) is 136 cm³/mol. The second kappa shape index (κ2) is 12.3. The van der Waals surface area contributed by atoms with Crippen LogP contribution in [0.5, 0.6) is 0 Å². The van der Waals surface area contributed by atoms with Crippen molar-refractivity contribution in [2.75, 3.05) is 11.4 Å². The number of hydrogen-bond donors (Lipinski definition) is 3. The SMILES string of the molecule is CCCCC(NC(=O)C(C)NC(=O)C(C)(C)C)C(=O)NC1CCCN(c2ccc(Br)cc2)C1=O. The van der Waals surface area contributed by atoms with Gasteiger partial charge in [-0.05, 0) is 50.5 Å². The maximum atomic E-state index is 13.1. The number of benzene rings is 1. The van der Waals surface area contributed by atoms with Gasteiger partial charge in [-0.2, -0.15) is 0 Å². The van der Waals surface area contributed by atoms with Gasteiger partial charge in [0.05, 0.1) is 0 Å². The van der Waals surface area contributed by atoms with Crippen LogP contribution in [0.4, 0.5) is 5.69 Å². The summed E-state index contributed by atoms with van der Waals surface area (Å²) in [5.74, 6) is -1.22. The van der Waals surface area contributed by atoms with Crippen molar-refractivity contribution < 1.29 is 19.2 Å². The lowest BCUT2D eigenvalue weighted by Gasteiger charge is -2.33. The number of amides is 4. The normalized spacial score (nSPS) is 18.1. The molecule has 0 aliphatic carbocycles. The molecule has 1 saturated heterocycles. The van der Waals surface area contributed by atoms with Crippen molar-refractivity contribution in [2.45, 2.75) is 84.8 Å². The first-order valence-electron chi connectivity index (χ1n) is 11.9. The third kappa shape index (κ3) is 7.82. The molecular formula is C25H37BrN4O4. The highest BCUT2D eigenvalue weighted by Crippen LogP contribution is 2.23. The molecule has 1 aromatic rings. The first-order valence-corrected chi connectivity index (χ1v) is 12.7. The number of piperidine rings is 1. The summed E-state index contributed by atoms with van der Waals surface area (Å²) in [5.41, 5.74) is 0.154. The molecule has 1 aliphatic heterocycles. The molecule has 8 nitrogen and oxygen atoms in total. The average Bonchev–Trinajstić information content (AvgIpc) is 2.77. The van der Waals surface area contributed by atoms with E-state index in [2.05, 4.69) is 31.9 Å². The molecular weight excluding hydrogens is 500 g/mol. The molecule has 0 spiro atoms. The number of rotatable bonds is 9. The minimum Gasteiger partial charge on any atom is -0.344 e. The Morgan fingerprint density at radius 2 is 1.76 bits per heavy atom. The number of hydrogen-bond acceptors (Lipinski definition) is 4. The highest BCUT2D eigenvalue weighted by atomic mass is 79.9. The lowest BCUT2D eigenvalue weighted by Crippen LogP contribution is -2.58. The zero-order chi connectivity index (χ0) is 25.5. The number of carbonyl (C=O) groups excluding carboxylic acids is 4. The van der Waals surface area contributed by atoms with Crippen molar-refractivity contribution in [3.63, 3.8) is 0 Å². The first kappa shape index (κ1) is 27.8. The fourth-order valence-corrected chi connectivity index (χ4v) is 3.88. The first-order chi connectivity index (χ1) is 15.9. The molecule has 1 fully saturated rings. The zero-order valence-corrected chi connectivity index (χ0v) is 22.3. The fourth-order valence-electron chi connectivity index (χ4n) is 3.61. The van der Waals surface area contributed by atoms with Crippen LogP contribution < -0.4 is 20.9 Å². The minimum atomic E-state index is -0.784. The Balaban J connectivity index is 2.04. The topological polar surface area (TPSA) is 108 Å². The van der Waals surface area contributed by atoms with Crippen molar-refractivity contribution in [2.24, 2.45) is 5.41 Å². The van der Waals surface area contributed by atoms with E-state index in [-0.39, 0.29) is 17.7 Å². The Kier molecular flexibility index (Phi) is 10.1. The largest absolute Gasteiger partial charge is 0.344 e. The average molecular weight is 537 g/mol. The molecule has 3 atom stereocenters. The Labute approximate surface area is 210 Å². The van der Waals surface area contributed by atoms with Gasteiger partial charge in [0.1, 0.15) is 18.1 Å². The summed E-state index contributed by atoms with van der Waals surface area (Å²) >= 11 is 3.40. The summed E-state index contributed by atoms with van der Waals surface area (Å²) in [6, 6.07) is 5.27. The maximum Gasteiger partial charge on any atom is 0.249 e. The van der Waals surface area contributed by atoms with E-state index >= 15 is 0 Å². The molecule has 9 heteroatoms.